The van der Waals surface area contributed by atoms with Crippen molar-refractivity contribution in [3.8, 4) is 5.75 Å². The Hall–Kier alpha value is -2.38. The van der Waals surface area contributed by atoms with Crippen LogP contribution in [0.15, 0.2) is 30.6 Å². The van der Waals surface area contributed by atoms with E-state index in [4.69, 9.17) is 4.74 Å². The Bertz CT molecular complexity index is 795. The molecule has 3 heterocycles. The number of rotatable bonds is 5. The number of benzene rings is 1. The summed E-state index contributed by atoms with van der Waals surface area (Å²) in [6.07, 6.45) is 6.05. The van der Waals surface area contributed by atoms with E-state index in [9.17, 15) is 0 Å². The van der Waals surface area contributed by atoms with Gasteiger partial charge in [0.05, 0.1) is 12.8 Å². The number of likely N-dealkylation sites (N-methyl/N-ethyl adjacent to an activating group) is 1. The second-order valence-electron chi connectivity index (χ2n) is 8.15. The number of piperazine rings is 1. The Balaban J connectivity index is 1.39. The Morgan fingerprint density at radius 3 is 2.34 bits per heavy atom. The SMILES string of the molecule is COc1cc(Nc2ncc(C)cn2)ccc1N1CCC(N2CCN(C)CC2)CC1. The Kier molecular flexibility index (Phi) is 6.16. The van der Waals surface area contributed by atoms with E-state index in [1.807, 2.05) is 25.4 Å². The number of nitrogens with zero attached hydrogens (tertiary/aromatic N) is 5. The van der Waals surface area contributed by atoms with Gasteiger partial charge < -0.3 is 19.9 Å². The highest BCUT2D eigenvalue weighted by atomic mass is 16.5. The third-order valence-corrected chi connectivity index (χ3v) is 6.08. The van der Waals surface area contributed by atoms with Gasteiger partial charge in [0.15, 0.2) is 0 Å². The summed E-state index contributed by atoms with van der Waals surface area (Å²) in [6.45, 7) is 8.90. The number of aryl methyl sites for hydroxylation is 1. The van der Waals surface area contributed by atoms with Crippen molar-refractivity contribution in [1.29, 1.82) is 0 Å². The number of hydrogen-bond acceptors (Lipinski definition) is 7. The number of anilines is 3. The molecule has 1 N–H and O–H groups in total. The zero-order valence-electron chi connectivity index (χ0n) is 17.8. The molecule has 4 rings (SSSR count). The van der Waals surface area contributed by atoms with Gasteiger partial charge in [0.25, 0.3) is 0 Å². The lowest BCUT2D eigenvalue weighted by Gasteiger charge is -2.42. The normalized spacial score (nSPS) is 19.3. The van der Waals surface area contributed by atoms with Gasteiger partial charge in [0.1, 0.15) is 5.75 Å². The van der Waals surface area contributed by atoms with Crippen LogP contribution in [0.4, 0.5) is 17.3 Å². The van der Waals surface area contributed by atoms with E-state index in [0.29, 0.717) is 12.0 Å². The van der Waals surface area contributed by atoms with Gasteiger partial charge in [-0.3, -0.25) is 4.90 Å². The first-order chi connectivity index (χ1) is 14.1. The summed E-state index contributed by atoms with van der Waals surface area (Å²) in [4.78, 5) is 16.2. The van der Waals surface area contributed by atoms with Crippen molar-refractivity contribution in [3.05, 3.63) is 36.2 Å². The smallest absolute Gasteiger partial charge is 0.227 e. The molecular weight excluding hydrogens is 364 g/mol. The van der Waals surface area contributed by atoms with Gasteiger partial charge in [-0.15, -0.1) is 0 Å². The van der Waals surface area contributed by atoms with Crippen LogP contribution < -0.4 is 15.0 Å². The van der Waals surface area contributed by atoms with Crippen LogP contribution in [0.25, 0.3) is 0 Å². The van der Waals surface area contributed by atoms with E-state index in [-0.39, 0.29) is 0 Å². The third kappa shape index (κ3) is 4.79. The van der Waals surface area contributed by atoms with Crippen molar-refractivity contribution in [3.63, 3.8) is 0 Å². The summed E-state index contributed by atoms with van der Waals surface area (Å²) in [7, 11) is 3.96. The first-order valence-corrected chi connectivity index (χ1v) is 10.5. The first kappa shape index (κ1) is 19.9. The highest BCUT2D eigenvalue weighted by Crippen LogP contribution is 2.34. The number of nitrogens with one attached hydrogen (secondary N) is 1. The minimum absolute atomic E-state index is 0.596. The topological polar surface area (TPSA) is 56.8 Å². The molecule has 0 radical (unpaired) electrons. The average Bonchev–Trinajstić information content (AvgIpc) is 2.76. The van der Waals surface area contributed by atoms with E-state index in [1.54, 1.807) is 7.11 Å². The molecule has 2 aliphatic heterocycles. The molecule has 29 heavy (non-hydrogen) atoms. The molecule has 0 aliphatic carbocycles. The van der Waals surface area contributed by atoms with Gasteiger partial charge in [0, 0.05) is 69.5 Å². The monoisotopic (exact) mass is 396 g/mol. The standard InChI is InChI=1S/C22H32N6O/c1-17-15-23-22(24-16-17)25-18-4-5-20(21(14-18)29-3)28-8-6-19(7-9-28)27-12-10-26(2)11-13-27/h4-5,14-16,19H,6-13H2,1-3H3,(H,23,24,25). The van der Waals surface area contributed by atoms with E-state index < -0.39 is 0 Å². The molecule has 156 valence electrons. The molecular formula is C22H32N6O. The molecule has 2 fully saturated rings. The Morgan fingerprint density at radius 2 is 1.69 bits per heavy atom. The van der Waals surface area contributed by atoms with Crippen LogP contribution in [0.1, 0.15) is 18.4 Å². The second kappa shape index (κ2) is 8.97. The number of ether oxygens (including phenoxy) is 1. The van der Waals surface area contributed by atoms with Gasteiger partial charge >= 0.3 is 0 Å². The van der Waals surface area contributed by atoms with Gasteiger partial charge in [-0.25, -0.2) is 9.97 Å². The quantitative estimate of drug-likeness (QED) is 0.834. The molecule has 7 nitrogen and oxygen atoms in total. The number of methoxy groups -OCH3 is 1. The van der Waals surface area contributed by atoms with Gasteiger partial charge in [-0.1, -0.05) is 0 Å². The summed E-state index contributed by atoms with van der Waals surface area (Å²) in [5, 5.41) is 3.26. The van der Waals surface area contributed by atoms with Crippen LogP contribution in [-0.2, 0) is 0 Å². The highest BCUT2D eigenvalue weighted by molar-refractivity contribution is 5.67. The summed E-state index contributed by atoms with van der Waals surface area (Å²) in [6, 6.07) is 6.97. The predicted molar refractivity (Wildman–Crippen MR) is 117 cm³/mol. The number of aromatic nitrogens is 2. The van der Waals surface area contributed by atoms with Crippen molar-refractivity contribution in [2.24, 2.45) is 0 Å². The molecule has 0 spiro atoms. The predicted octanol–water partition coefficient (Wildman–Crippen LogP) is 2.75. The van der Waals surface area contributed by atoms with Crippen molar-refractivity contribution in [1.82, 2.24) is 19.8 Å². The molecule has 1 aromatic heterocycles. The maximum Gasteiger partial charge on any atom is 0.227 e. The van der Waals surface area contributed by atoms with Gasteiger partial charge in [-0.05, 0) is 44.5 Å². The average molecular weight is 397 g/mol. The summed E-state index contributed by atoms with van der Waals surface area (Å²) < 4.78 is 5.71. The zero-order chi connectivity index (χ0) is 20.2. The Labute approximate surface area is 173 Å². The minimum atomic E-state index is 0.596. The van der Waals surface area contributed by atoms with Crippen LogP contribution in [0.2, 0.25) is 0 Å². The van der Waals surface area contributed by atoms with Crippen LogP contribution in [0.5, 0.6) is 5.75 Å². The van der Waals surface area contributed by atoms with Crippen molar-refractivity contribution in [2.75, 3.05) is 63.6 Å². The lowest BCUT2D eigenvalue weighted by atomic mass is 10.0. The molecule has 2 aromatic rings. The summed E-state index contributed by atoms with van der Waals surface area (Å²) in [5.74, 6) is 1.48. The largest absolute Gasteiger partial charge is 0.495 e. The molecule has 0 atom stereocenters. The fourth-order valence-electron chi connectivity index (χ4n) is 4.26. The molecule has 2 aliphatic rings. The zero-order valence-corrected chi connectivity index (χ0v) is 17.8. The molecule has 7 heteroatoms. The van der Waals surface area contributed by atoms with Gasteiger partial charge in [-0.2, -0.15) is 0 Å². The van der Waals surface area contributed by atoms with E-state index in [2.05, 4.69) is 49.2 Å². The number of piperidine rings is 1. The third-order valence-electron chi connectivity index (χ3n) is 6.08. The van der Waals surface area contributed by atoms with Crippen LogP contribution >= 0.6 is 0 Å². The molecule has 0 saturated carbocycles. The molecule has 0 unspecified atom stereocenters. The van der Waals surface area contributed by atoms with Crippen molar-refractivity contribution >= 4 is 17.3 Å². The molecule has 2 saturated heterocycles. The molecule has 0 amide bonds. The van der Waals surface area contributed by atoms with Crippen LogP contribution in [0.3, 0.4) is 0 Å². The highest BCUT2D eigenvalue weighted by Gasteiger charge is 2.27. The summed E-state index contributed by atoms with van der Waals surface area (Å²) in [5.41, 5.74) is 3.14. The van der Waals surface area contributed by atoms with Crippen LogP contribution in [0, 0.1) is 6.92 Å². The summed E-state index contributed by atoms with van der Waals surface area (Å²) >= 11 is 0. The minimum Gasteiger partial charge on any atom is -0.495 e. The lowest BCUT2D eigenvalue weighted by molar-refractivity contribution is 0.0981. The fourth-order valence-corrected chi connectivity index (χ4v) is 4.26. The fraction of sp³-hybridized carbons (Fsp3) is 0.545. The maximum atomic E-state index is 5.71. The van der Waals surface area contributed by atoms with E-state index in [0.717, 1.165) is 30.1 Å². The van der Waals surface area contributed by atoms with Crippen LogP contribution in [-0.4, -0.2) is 79.2 Å². The van der Waals surface area contributed by atoms with E-state index in [1.165, 1.54) is 44.7 Å². The lowest BCUT2D eigenvalue weighted by Crippen LogP contribution is -2.52. The Morgan fingerprint density at radius 1 is 1.00 bits per heavy atom. The second-order valence-corrected chi connectivity index (χ2v) is 8.15. The molecule has 0 bridgehead atoms. The number of hydrogen-bond donors (Lipinski definition) is 1. The van der Waals surface area contributed by atoms with Crippen molar-refractivity contribution < 1.29 is 4.74 Å². The van der Waals surface area contributed by atoms with E-state index >= 15 is 0 Å². The molecule has 1 aromatic carbocycles. The first-order valence-electron chi connectivity index (χ1n) is 10.5. The van der Waals surface area contributed by atoms with Crippen molar-refractivity contribution in [2.45, 2.75) is 25.8 Å². The maximum absolute atomic E-state index is 5.71. The van der Waals surface area contributed by atoms with Gasteiger partial charge in [0.2, 0.25) is 5.95 Å².